The van der Waals surface area contributed by atoms with Crippen molar-refractivity contribution in [2.45, 2.75) is 19.0 Å². The highest BCUT2D eigenvalue weighted by Crippen LogP contribution is 2.37. The summed E-state index contributed by atoms with van der Waals surface area (Å²) in [5, 5.41) is 13.5. The van der Waals surface area contributed by atoms with E-state index >= 15 is 0 Å². The van der Waals surface area contributed by atoms with E-state index in [1.165, 1.54) is 22.2 Å². The van der Waals surface area contributed by atoms with E-state index in [1.807, 2.05) is 19.2 Å². The number of aromatic nitrogens is 2. The van der Waals surface area contributed by atoms with Gasteiger partial charge in [-0.05, 0) is 48.9 Å². The number of carbonyl (C=O) groups excluding carboxylic acids is 1. The number of anilines is 3. The van der Waals surface area contributed by atoms with Gasteiger partial charge in [0.25, 0.3) is 5.91 Å². The summed E-state index contributed by atoms with van der Waals surface area (Å²) >= 11 is 12.5. The summed E-state index contributed by atoms with van der Waals surface area (Å²) in [6, 6.07) is 11.2. The number of rotatable bonds is 4. The summed E-state index contributed by atoms with van der Waals surface area (Å²) in [4.78, 5) is 25.2. The number of hydrogen-bond acceptors (Lipinski definition) is 7. The van der Waals surface area contributed by atoms with Crippen molar-refractivity contribution in [2.24, 2.45) is 0 Å². The number of nitrogens with one attached hydrogen (secondary N) is 1. The number of benzene rings is 2. The molecule has 5 rings (SSSR count). The van der Waals surface area contributed by atoms with Gasteiger partial charge in [-0.15, -0.1) is 0 Å². The Hall–Kier alpha value is -2.91. The molecule has 10 heteroatoms. The van der Waals surface area contributed by atoms with Gasteiger partial charge in [0.05, 0.1) is 22.3 Å². The van der Waals surface area contributed by atoms with Crippen molar-refractivity contribution in [1.29, 1.82) is 0 Å². The SMILES string of the molecule is CN1Cc2ccc(Nc3ncc4c(n3)OCN(c3c(Cl)cccc3Cl)C4=O)cc2CC1CO. The molecular weight excluding hydrogens is 465 g/mol. The van der Waals surface area contributed by atoms with Gasteiger partial charge in [-0.25, -0.2) is 4.98 Å². The monoisotopic (exact) mass is 485 g/mol. The molecule has 8 nitrogen and oxygen atoms in total. The Morgan fingerprint density at radius 2 is 2.00 bits per heavy atom. The number of aliphatic hydroxyl groups excluding tert-OH is 1. The molecule has 0 aliphatic carbocycles. The summed E-state index contributed by atoms with van der Waals surface area (Å²) in [5.74, 6) is 0.167. The topological polar surface area (TPSA) is 90.8 Å². The molecule has 0 radical (unpaired) electrons. The standard InChI is InChI=1S/C23H21Cl2N5O3/c1-29-10-13-5-6-15(7-14(13)8-16(29)11-31)27-23-26-9-17-21(28-23)33-12-30(22(17)32)20-18(24)3-2-4-19(20)25/h2-7,9,16,31H,8,10-12H2,1H3,(H,26,27,28). The first-order valence-corrected chi connectivity index (χ1v) is 11.2. The first-order valence-electron chi connectivity index (χ1n) is 10.4. The normalized spacial score (nSPS) is 17.9. The molecule has 3 aromatic rings. The molecule has 3 heterocycles. The fraction of sp³-hybridized carbons (Fsp3) is 0.261. The van der Waals surface area contributed by atoms with E-state index < -0.39 is 0 Å². The Kier molecular flexibility index (Phi) is 5.84. The van der Waals surface area contributed by atoms with E-state index in [1.54, 1.807) is 18.2 Å². The van der Waals surface area contributed by atoms with Gasteiger partial charge in [0.15, 0.2) is 6.73 Å². The second-order valence-electron chi connectivity index (χ2n) is 8.05. The highest BCUT2D eigenvalue weighted by atomic mass is 35.5. The zero-order chi connectivity index (χ0) is 23.1. The zero-order valence-electron chi connectivity index (χ0n) is 17.8. The van der Waals surface area contributed by atoms with Crippen LogP contribution < -0.4 is 15.0 Å². The van der Waals surface area contributed by atoms with Gasteiger partial charge in [0.1, 0.15) is 5.56 Å². The van der Waals surface area contributed by atoms with Crippen LogP contribution in [0.15, 0.2) is 42.6 Å². The predicted molar refractivity (Wildman–Crippen MR) is 127 cm³/mol. The number of carbonyl (C=O) groups is 1. The maximum atomic E-state index is 13.0. The number of likely N-dealkylation sites (N-methyl/N-ethyl adjacent to an activating group) is 1. The molecular formula is C23H21Cl2N5O3. The van der Waals surface area contributed by atoms with E-state index in [2.05, 4.69) is 26.3 Å². The maximum Gasteiger partial charge on any atom is 0.268 e. The van der Waals surface area contributed by atoms with E-state index in [0.29, 0.717) is 21.7 Å². The second kappa shape index (κ2) is 8.79. The lowest BCUT2D eigenvalue weighted by atomic mass is 9.94. The summed E-state index contributed by atoms with van der Waals surface area (Å²) in [6.45, 7) is 0.835. The smallest absolute Gasteiger partial charge is 0.268 e. The zero-order valence-corrected chi connectivity index (χ0v) is 19.3. The van der Waals surface area contributed by atoms with Crippen LogP contribution in [0, 0.1) is 0 Å². The fourth-order valence-electron chi connectivity index (χ4n) is 4.11. The van der Waals surface area contributed by atoms with Crippen molar-refractivity contribution >= 4 is 46.4 Å². The van der Waals surface area contributed by atoms with Crippen LogP contribution in [0.5, 0.6) is 5.88 Å². The van der Waals surface area contributed by atoms with Crippen LogP contribution in [-0.4, -0.2) is 52.3 Å². The second-order valence-corrected chi connectivity index (χ2v) is 8.87. The molecule has 2 aliphatic rings. The van der Waals surface area contributed by atoms with Gasteiger partial charge in [0, 0.05) is 24.5 Å². The average molecular weight is 486 g/mol. The van der Waals surface area contributed by atoms with E-state index in [0.717, 1.165) is 18.7 Å². The lowest BCUT2D eigenvalue weighted by molar-refractivity contribution is 0.0932. The van der Waals surface area contributed by atoms with Crippen LogP contribution in [-0.2, 0) is 13.0 Å². The van der Waals surface area contributed by atoms with Gasteiger partial charge in [0.2, 0.25) is 11.8 Å². The highest BCUT2D eigenvalue weighted by molar-refractivity contribution is 6.40. The number of fused-ring (bicyclic) bond motifs is 2. The third-order valence-electron chi connectivity index (χ3n) is 5.94. The van der Waals surface area contributed by atoms with E-state index in [-0.39, 0.29) is 36.7 Å². The molecule has 1 aromatic heterocycles. The Morgan fingerprint density at radius 3 is 2.76 bits per heavy atom. The summed E-state index contributed by atoms with van der Waals surface area (Å²) < 4.78 is 5.74. The molecule has 2 N–H and O–H groups in total. The van der Waals surface area contributed by atoms with Crippen molar-refractivity contribution in [3.05, 3.63) is 69.3 Å². The Morgan fingerprint density at radius 1 is 1.21 bits per heavy atom. The largest absolute Gasteiger partial charge is 0.455 e. The quantitative estimate of drug-likeness (QED) is 0.579. The van der Waals surface area contributed by atoms with E-state index in [4.69, 9.17) is 27.9 Å². The average Bonchev–Trinajstić information content (AvgIpc) is 2.80. The molecule has 1 atom stereocenters. The van der Waals surface area contributed by atoms with Crippen LogP contribution in [0.4, 0.5) is 17.3 Å². The Bertz CT molecular complexity index is 1220. The number of hydrogen-bond donors (Lipinski definition) is 2. The van der Waals surface area contributed by atoms with Crippen LogP contribution in [0.1, 0.15) is 21.5 Å². The third-order valence-corrected chi connectivity index (χ3v) is 6.55. The molecule has 1 unspecified atom stereocenters. The number of halogens is 2. The molecule has 170 valence electrons. The molecule has 0 saturated carbocycles. The number of ether oxygens (including phenoxy) is 1. The molecule has 0 saturated heterocycles. The van der Waals surface area contributed by atoms with Gasteiger partial charge < -0.3 is 15.2 Å². The first-order chi connectivity index (χ1) is 15.9. The number of nitrogens with zero attached hydrogens (tertiary/aromatic N) is 4. The summed E-state index contributed by atoms with van der Waals surface area (Å²) in [5.41, 5.74) is 3.84. The van der Waals surface area contributed by atoms with Crippen LogP contribution >= 0.6 is 23.2 Å². The van der Waals surface area contributed by atoms with Crippen molar-refractivity contribution < 1.29 is 14.6 Å². The molecule has 2 aliphatic heterocycles. The molecule has 0 fully saturated rings. The summed E-state index contributed by atoms with van der Waals surface area (Å²) in [7, 11) is 2.01. The van der Waals surface area contributed by atoms with Crippen LogP contribution in [0.25, 0.3) is 0 Å². The summed E-state index contributed by atoms with van der Waals surface area (Å²) in [6.07, 6.45) is 2.19. The minimum atomic E-state index is -0.342. The van der Waals surface area contributed by atoms with Gasteiger partial charge in [-0.3, -0.25) is 14.6 Å². The lowest BCUT2D eigenvalue weighted by Gasteiger charge is -2.33. The van der Waals surface area contributed by atoms with E-state index in [9.17, 15) is 9.90 Å². The number of para-hydroxylation sites is 1. The highest BCUT2D eigenvalue weighted by Gasteiger charge is 2.31. The Balaban J connectivity index is 1.37. The van der Waals surface area contributed by atoms with Gasteiger partial charge >= 0.3 is 0 Å². The van der Waals surface area contributed by atoms with Crippen molar-refractivity contribution in [3.8, 4) is 5.88 Å². The molecule has 1 amide bonds. The minimum Gasteiger partial charge on any atom is -0.455 e. The number of amides is 1. The van der Waals surface area contributed by atoms with Crippen molar-refractivity contribution in [2.75, 3.05) is 30.6 Å². The van der Waals surface area contributed by atoms with Gasteiger partial charge in [-0.1, -0.05) is 35.3 Å². The molecule has 0 spiro atoms. The number of aliphatic hydroxyl groups is 1. The maximum absolute atomic E-state index is 13.0. The van der Waals surface area contributed by atoms with Crippen molar-refractivity contribution in [3.63, 3.8) is 0 Å². The predicted octanol–water partition coefficient (Wildman–Crippen LogP) is 3.87. The fourth-order valence-corrected chi connectivity index (χ4v) is 4.72. The molecule has 33 heavy (non-hydrogen) atoms. The van der Waals surface area contributed by atoms with Crippen molar-refractivity contribution in [1.82, 2.24) is 14.9 Å². The minimum absolute atomic E-state index is 0.0688. The third kappa shape index (κ3) is 4.11. The lowest BCUT2D eigenvalue weighted by Crippen LogP contribution is -2.39. The Labute approximate surface area is 200 Å². The van der Waals surface area contributed by atoms with Crippen LogP contribution in [0.3, 0.4) is 0 Å². The molecule has 0 bridgehead atoms. The molecule has 2 aromatic carbocycles. The first kappa shape index (κ1) is 21.9. The van der Waals surface area contributed by atoms with Crippen LogP contribution in [0.2, 0.25) is 10.0 Å². The van der Waals surface area contributed by atoms with Gasteiger partial charge in [-0.2, -0.15) is 4.98 Å².